The van der Waals surface area contributed by atoms with Gasteiger partial charge in [-0.05, 0) is 87.6 Å². The van der Waals surface area contributed by atoms with E-state index in [1.807, 2.05) is 24.3 Å². The molecular formula is C19H23N3OS2. The number of carbonyl (C=O) groups is 1. The number of fused-ring (bicyclic) bond motifs is 3. The first-order chi connectivity index (χ1) is 12.1. The van der Waals surface area contributed by atoms with E-state index in [1.54, 1.807) is 11.8 Å². The zero-order valence-electron chi connectivity index (χ0n) is 14.6. The second-order valence-electron chi connectivity index (χ2n) is 7.02. The van der Waals surface area contributed by atoms with Crippen molar-refractivity contribution in [2.45, 2.75) is 48.7 Å². The molecule has 25 heavy (non-hydrogen) atoms. The Balaban J connectivity index is 1.40. The Morgan fingerprint density at radius 3 is 2.60 bits per heavy atom. The van der Waals surface area contributed by atoms with Gasteiger partial charge in [0.25, 0.3) is 5.91 Å². The van der Waals surface area contributed by atoms with E-state index in [4.69, 9.17) is 0 Å². The predicted octanol–water partition coefficient (Wildman–Crippen LogP) is 3.82. The van der Waals surface area contributed by atoms with Gasteiger partial charge in [-0.15, -0.1) is 0 Å². The normalized spacial score (nSPS) is 28.1. The van der Waals surface area contributed by atoms with Gasteiger partial charge >= 0.3 is 0 Å². The minimum absolute atomic E-state index is 0.0478. The van der Waals surface area contributed by atoms with E-state index in [-0.39, 0.29) is 11.9 Å². The summed E-state index contributed by atoms with van der Waals surface area (Å²) >= 11 is 3.15. The highest BCUT2D eigenvalue weighted by atomic mass is 32.2. The maximum Gasteiger partial charge on any atom is 0.251 e. The Morgan fingerprint density at radius 2 is 2.00 bits per heavy atom. The van der Waals surface area contributed by atoms with Gasteiger partial charge in [0.15, 0.2) is 0 Å². The van der Waals surface area contributed by atoms with Gasteiger partial charge in [0.2, 0.25) is 0 Å². The highest BCUT2D eigenvalue weighted by Crippen LogP contribution is 2.32. The summed E-state index contributed by atoms with van der Waals surface area (Å²) in [5.74, 6) is 0.679. The highest BCUT2D eigenvalue weighted by Gasteiger charge is 2.40. The SMILES string of the molecule is Cc1cc(Sc2ccc(C(=O)NC3C4CCN(CC4)C3C)cc2)ns1. The van der Waals surface area contributed by atoms with Crippen LogP contribution in [0.2, 0.25) is 0 Å². The largest absolute Gasteiger partial charge is 0.347 e. The molecule has 2 unspecified atom stereocenters. The molecule has 0 spiro atoms. The van der Waals surface area contributed by atoms with E-state index in [1.165, 1.54) is 42.3 Å². The van der Waals surface area contributed by atoms with Crippen molar-refractivity contribution in [2.24, 2.45) is 5.92 Å². The number of hydrogen-bond acceptors (Lipinski definition) is 5. The van der Waals surface area contributed by atoms with Gasteiger partial charge in [-0.1, -0.05) is 11.8 Å². The van der Waals surface area contributed by atoms with E-state index < -0.39 is 0 Å². The summed E-state index contributed by atoms with van der Waals surface area (Å²) in [7, 11) is 0. The van der Waals surface area contributed by atoms with Gasteiger partial charge < -0.3 is 5.32 Å². The van der Waals surface area contributed by atoms with E-state index >= 15 is 0 Å². The molecule has 6 heteroatoms. The molecule has 0 aliphatic carbocycles. The van der Waals surface area contributed by atoms with Crippen LogP contribution in [-0.4, -0.2) is 40.4 Å². The van der Waals surface area contributed by atoms with E-state index in [0.717, 1.165) is 15.5 Å². The lowest BCUT2D eigenvalue weighted by atomic mass is 9.79. The molecule has 3 aliphatic heterocycles. The Kier molecular flexibility index (Phi) is 4.84. The molecule has 3 aliphatic rings. The average molecular weight is 374 g/mol. The van der Waals surface area contributed by atoms with Crippen molar-refractivity contribution in [3.05, 3.63) is 40.8 Å². The van der Waals surface area contributed by atoms with Crippen molar-refractivity contribution < 1.29 is 4.79 Å². The molecule has 1 N–H and O–H groups in total. The summed E-state index contributed by atoms with van der Waals surface area (Å²) in [5, 5.41) is 4.31. The molecule has 3 fully saturated rings. The first kappa shape index (κ1) is 17.1. The van der Waals surface area contributed by atoms with E-state index in [9.17, 15) is 4.79 Å². The van der Waals surface area contributed by atoms with Crippen LogP contribution in [0.1, 0.15) is 35.0 Å². The fourth-order valence-electron chi connectivity index (χ4n) is 3.97. The monoisotopic (exact) mass is 373 g/mol. The summed E-state index contributed by atoms with van der Waals surface area (Å²) in [6.07, 6.45) is 2.41. The van der Waals surface area contributed by atoms with Crippen molar-refractivity contribution in [1.29, 1.82) is 0 Å². The molecule has 0 saturated carbocycles. The number of aryl methyl sites for hydroxylation is 1. The molecule has 4 nitrogen and oxygen atoms in total. The van der Waals surface area contributed by atoms with Gasteiger partial charge in [0.1, 0.15) is 5.03 Å². The standard InChI is InChI=1S/C19H23N3OS2/c1-12-11-17(21-25-12)24-16-5-3-15(4-6-16)19(23)20-18-13(2)22-9-7-14(18)8-10-22/h3-6,11,13-14,18H,7-10H2,1-2H3,(H,20,23). The quantitative estimate of drug-likeness (QED) is 0.885. The van der Waals surface area contributed by atoms with Crippen molar-refractivity contribution in [3.8, 4) is 0 Å². The molecule has 2 bridgehead atoms. The predicted molar refractivity (Wildman–Crippen MR) is 102 cm³/mol. The van der Waals surface area contributed by atoms with Crippen LogP contribution in [0.5, 0.6) is 0 Å². The number of hydrogen-bond donors (Lipinski definition) is 1. The fraction of sp³-hybridized carbons (Fsp3) is 0.474. The second-order valence-corrected chi connectivity index (χ2v) is 9.12. The molecule has 2 atom stereocenters. The Labute approximate surface area is 157 Å². The Morgan fingerprint density at radius 1 is 1.28 bits per heavy atom. The van der Waals surface area contributed by atoms with Crippen LogP contribution in [0.4, 0.5) is 0 Å². The molecule has 4 heterocycles. The van der Waals surface area contributed by atoms with Crippen molar-refractivity contribution >= 4 is 29.2 Å². The lowest BCUT2D eigenvalue weighted by Gasteiger charge is -2.49. The number of piperidine rings is 3. The van der Waals surface area contributed by atoms with Gasteiger partial charge in [0, 0.05) is 27.4 Å². The molecule has 1 aromatic carbocycles. The summed E-state index contributed by atoms with van der Waals surface area (Å²) in [5.41, 5.74) is 0.738. The van der Waals surface area contributed by atoms with E-state index in [2.05, 4.69) is 34.5 Å². The molecule has 2 aromatic rings. The maximum atomic E-state index is 12.7. The molecule has 132 valence electrons. The number of carbonyl (C=O) groups excluding carboxylic acids is 1. The van der Waals surface area contributed by atoms with Crippen LogP contribution in [0.3, 0.4) is 0 Å². The topological polar surface area (TPSA) is 45.2 Å². The van der Waals surface area contributed by atoms with Crippen LogP contribution < -0.4 is 5.32 Å². The minimum atomic E-state index is 0.0478. The van der Waals surface area contributed by atoms with Crippen molar-refractivity contribution in [3.63, 3.8) is 0 Å². The van der Waals surface area contributed by atoms with Crippen LogP contribution in [0.25, 0.3) is 0 Å². The summed E-state index contributed by atoms with van der Waals surface area (Å²) < 4.78 is 4.40. The molecular weight excluding hydrogens is 350 g/mol. The first-order valence-corrected chi connectivity index (χ1v) is 10.5. The zero-order chi connectivity index (χ0) is 17.4. The van der Waals surface area contributed by atoms with Gasteiger partial charge in [-0.3, -0.25) is 9.69 Å². The van der Waals surface area contributed by atoms with Crippen LogP contribution in [0.15, 0.2) is 40.3 Å². The number of nitrogens with zero attached hydrogens (tertiary/aromatic N) is 2. The Bertz CT molecular complexity index is 748. The lowest BCUT2D eigenvalue weighted by Crippen LogP contribution is -2.62. The van der Waals surface area contributed by atoms with Crippen LogP contribution >= 0.6 is 23.3 Å². The van der Waals surface area contributed by atoms with Gasteiger partial charge in [-0.2, -0.15) is 4.37 Å². The van der Waals surface area contributed by atoms with Gasteiger partial charge in [0.05, 0.1) is 0 Å². The van der Waals surface area contributed by atoms with E-state index in [0.29, 0.717) is 12.0 Å². The summed E-state index contributed by atoms with van der Waals surface area (Å²) in [6, 6.07) is 10.7. The number of rotatable bonds is 4. The highest BCUT2D eigenvalue weighted by molar-refractivity contribution is 7.99. The number of benzene rings is 1. The smallest absolute Gasteiger partial charge is 0.251 e. The third kappa shape index (κ3) is 3.61. The number of aromatic nitrogens is 1. The Hall–Kier alpha value is -1.37. The summed E-state index contributed by atoms with van der Waals surface area (Å²) in [4.78, 5) is 17.5. The minimum Gasteiger partial charge on any atom is -0.347 e. The molecule has 1 amide bonds. The average Bonchev–Trinajstić information content (AvgIpc) is 3.04. The van der Waals surface area contributed by atoms with Crippen LogP contribution in [0, 0.1) is 12.8 Å². The molecule has 5 rings (SSSR count). The first-order valence-electron chi connectivity index (χ1n) is 8.86. The third-order valence-electron chi connectivity index (χ3n) is 5.42. The second kappa shape index (κ2) is 7.09. The zero-order valence-corrected chi connectivity index (χ0v) is 16.2. The summed E-state index contributed by atoms with van der Waals surface area (Å²) in [6.45, 7) is 6.66. The van der Waals surface area contributed by atoms with Crippen molar-refractivity contribution in [2.75, 3.05) is 13.1 Å². The number of nitrogens with one attached hydrogen (secondary N) is 1. The molecule has 3 saturated heterocycles. The van der Waals surface area contributed by atoms with Gasteiger partial charge in [-0.25, -0.2) is 0 Å². The van der Waals surface area contributed by atoms with Crippen LogP contribution in [-0.2, 0) is 0 Å². The van der Waals surface area contributed by atoms with Crippen molar-refractivity contribution in [1.82, 2.24) is 14.6 Å². The lowest BCUT2D eigenvalue weighted by molar-refractivity contribution is 0.0217. The fourth-order valence-corrected chi connectivity index (χ4v) is 5.50. The molecule has 0 radical (unpaired) electrons. The third-order valence-corrected chi connectivity index (χ3v) is 7.16. The molecule has 1 aromatic heterocycles. The number of amides is 1. The maximum absolute atomic E-state index is 12.7.